The van der Waals surface area contributed by atoms with E-state index in [-0.39, 0.29) is 23.8 Å². The fourth-order valence-electron chi connectivity index (χ4n) is 3.85. The average Bonchev–Trinajstić information content (AvgIpc) is 3.17. The Hall–Kier alpha value is -1.85. The fraction of sp³-hybridized carbons (Fsp3) is 0.706. The number of hydrogen-bond acceptors (Lipinski definition) is 3. The van der Waals surface area contributed by atoms with Crippen LogP contribution in [0.1, 0.15) is 55.4 Å². The first-order valence-corrected chi connectivity index (χ1v) is 8.73. The number of aryl methyl sites for hydroxylation is 1. The molecule has 2 aliphatic rings. The summed E-state index contributed by atoms with van der Waals surface area (Å²) in [5.74, 6) is 0.0661. The van der Waals surface area contributed by atoms with Crippen molar-refractivity contribution in [3.05, 3.63) is 18.2 Å². The maximum Gasteiger partial charge on any atom is 0.272 e. The van der Waals surface area contributed by atoms with Crippen LogP contribution in [0.2, 0.25) is 0 Å². The summed E-state index contributed by atoms with van der Waals surface area (Å²) in [6, 6.07) is 0.0236. The summed E-state index contributed by atoms with van der Waals surface area (Å²) in [6.45, 7) is 1.50. The second-order valence-corrected chi connectivity index (χ2v) is 6.70. The zero-order chi connectivity index (χ0) is 16.2. The molecular formula is C17H26N4O2. The highest BCUT2D eigenvalue weighted by molar-refractivity contribution is 5.93. The van der Waals surface area contributed by atoms with Crippen LogP contribution in [-0.4, -0.2) is 45.4 Å². The van der Waals surface area contributed by atoms with Crippen molar-refractivity contribution in [2.24, 2.45) is 13.0 Å². The van der Waals surface area contributed by atoms with Gasteiger partial charge in [0.05, 0.1) is 18.4 Å². The van der Waals surface area contributed by atoms with Crippen LogP contribution < -0.4 is 5.32 Å². The summed E-state index contributed by atoms with van der Waals surface area (Å²) in [6.07, 6.45) is 10.3. The average molecular weight is 318 g/mol. The number of imidazole rings is 1. The standard InChI is InChI=1S/C17H26N4O2/c1-20-12-18-11-15(20)17(23)21-10-5-3-2-4-9-19-16(22)13-7-6-8-14(13)21/h11-14H,2-10H2,1H3,(H,19,22). The molecule has 23 heavy (non-hydrogen) atoms. The largest absolute Gasteiger partial charge is 0.356 e. The number of nitrogens with one attached hydrogen (secondary N) is 1. The minimum Gasteiger partial charge on any atom is -0.356 e. The monoisotopic (exact) mass is 318 g/mol. The zero-order valence-corrected chi connectivity index (χ0v) is 13.8. The van der Waals surface area contributed by atoms with E-state index in [9.17, 15) is 9.59 Å². The molecule has 1 aliphatic carbocycles. The number of rotatable bonds is 1. The minimum absolute atomic E-state index is 0.00828. The van der Waals surface area contributed by atoms with Gasteiger partial charge in [-0.25, -0.2) is 4.98 Å². The Morgan fingerprint density at radius 2 is 2.04 bits per heavy atom. The third-order valence-corrected chi connectivity index (χ3v) is 5.14. The van der Waals surface area contributed by atoms with Gasteiger partial charge in [0, 0.05) is 26.2 Å². The molecule has 2 atom stereocenters. The van der Waals surface area contributed by atoms with Crippen LogP contribution in [0, 0.1) is 5.92 Å². The molecule has 0 spiro atoms. The Balaban J connectivity index is 1.85. The van der Waals surface area contributed by atoms with Crippen molar-refractivity contribution in [3.8, 4) is 0 Å². The van der Waals surface area contributed by atoms with Crippen molar-refractivity contribution in [3.63, 3.8) is 0 Å². The Bertz CT molecular complexity index is 569. The second kappa shape index (κ2) is 7.15. The van der Waals surface area contributed by atoms with Crippen LogP contribution in [0.4, 0.5) is 0 Å². The van der Waals surface area contributed by atoms with Crippen LogP contribution in [-0.2, 0) is 11.8 Å². The molecule has 0 bridgehead atoms. The number of carbonyl (C=O) groups excluding carboxylic acids is 2. The maximum atomic E-state index is 13.0. The SMILES string of the molecule is Cn1cncc1C(=O)N1CCCCCCNC(=O)C2CCCC21. The van der Waals surface area contributed by atoms with E-state index in [4.69, 9.17) is 0 Å². The lowest BCUT2D eigenvalue weighted by Gasteiger charge is -2.32. The highest BCUT2D eigenvalue weighted by atomic mass is 16.2. The number of aromatic nitrogens is 2. The van der Waals surface area contributed by atoms with Crippen molar-refractivity contribution in [2.75, 3.05) is 13.1 Å². The predicted octanol–water partition coefficient (Wildman–Crippen LogP) is 1.72. The van der Waals surface area contributed by atoms with E-state index in [2.05, 4.69) is 10.3 Å². The highest BCUT2D eigenvalue weighted by Crippen LogP contribution is 2.32. The van der Waals surface area contributed by atoms with Gasteiger partial charge in [-0.15, -0.1) is 0 Å². The van der Waals surface area contributed by atoms with Crippen molar-refractivity contribution in [1.29, 1.82) is 0 Å². The first-order valence-electron chi connectivity index (χ1n) is 8.73. The van der Waals surface area contributed by atoms with Gasteiger partial charge in [0.1, 0.15) is 5.69 Å². The molecule has 2 fully saturated rings. The van der Waals surface area contributed by atoms with Gasteiger partial charge in [0.25, 0.3) is 5.91 Å². The summed E-state index contributed by atoms with van der Waals surface area (Å²) < 4.78 is 1.76. The number of amides is 2. The molecule has 1 aromatic rings. The Labute approximate surface area is 137 Å². The van der Waals surface area contributed by atoms with Gasteiger partial charge < -0.3 is 14.8 Å². The van der Waals surface area contributed by atoms with Crippen LogP contribution >= 0.6 is 0 Å². The van der Waals surface area contributed by atoms with E-state index >= 15 is 0 Å². The molecule has 1 aromatic heterocycles. The summed E-state index contributed by atoms with van der Waals surface area (Å²) in [5, 5.41) is 3.06. The number of hydrogen-bond donors (Lipinski definition) is 1. The zero-order valence-electron chi connectivity index (χ0n) is 13.8. The fourth-order valence-corrected chi connectivity index (χ4v) is 3.85. The molecule has 1 saturated carbocycles. The lowest BCUT2D eigenvalue weighted by molar-refractivity contribution is -0.126. The summed E-state index contributed by atoms with van der Waals surface area (Å²) in [4.78, 5) is 31.5. The molecule has 2 unspecified atom stereocenters. The Kier molecular flexibility index (Phi) is 4.98. The van der Waals surface area contributed by atoms with Gasteiger partial charge >= 0.3 is 0 Å². The molecule has 0 aromatic carbocycles. The molecule has 0 radical (unpaired) electrons. The van der Waals surface area contributed by atoms with E-state index in [0.717, 1.165) is 58.0 Å². The Morgan fingerprint density at radius 3 is 2.83 bits per heavy atom. The molecule has 126 valence electrons. The lowest BCUT2D eigenvalue weighted by atomic mass is 10.00. The highest BCUT2D eigenvalue weighted by Gasteiger charge is 2.39. The van der Waals surface area contributed by atoms with Gasteiger partial charge in [-0.1, -0.05) is 19.3 Å². The van der Waals surface area contributed by atoms with Crippen LogP contribution in [0.3, 0.4) is 0 Å². The molecule has 1 aliphatic heterocycles. The summed E-state index contributed by atoms with van der Waals surface area (Å²) in [5.41, 5.74) is 0.603. The van der Waals surface area contributed by atoms with Crippen molar-refractivity contribution in [2.45, 2.75) is 51.0 Å². The van der Waals surface area contributed by atoms with Crippen molar-refractivity contribution >= 4 is 11.8 Å². The number of carbonyl (C=O) groups is 2. The number of fused-ring (bicyclic) bond motifs is 1. The van der Waals surface area contributed by atoms with E-state index in [1.54, 1.807) is 17.1 Å². The third kappa shape index (κ3) is 3.41. The predicted molar refractivity (Wildman–Crippen MR) is 86.9 cm³/mol. The van der Waals surface area contributed by atoms with E-state index < -0.39 is 0 Å². The quantitative estimate of drug-likeness (QED) is 0.857. The molecule has 2 amide bonds. The van der Waals surface area contributed by atoms with Crippen molar-refractivity contribution < 1.29 is 9.59 Å². The van der Waals surface area contributed by atoms with Crippen LogP contribution in [0.5, 0.6) is 0 Å². The molecule has 2 heterocycles. The summed E-state index contributed by atoms with van der Waals surface area (Å²) >= 11 is 0. The Morgan fingerprint density at radius 1 is 1.22 bits per heavy atom. The smallest absolute Gasteiger partial charge is 0.272 e. The molecule has 6 heteroatoms. The van der Waals surface area contributed by atoms with Gasteiger partial charge in [-0.2, -0.15) is 0 Å². The lowest BCUT2D eigenvalue weighted by Crippen LogP contribution is -2.47. The van der Waals surface area contributed by atoms with Gasteiger partial charge in [0.2, 0.25) is 5.91 Å². The molecule has 3 rings (SSSR count). The maximum absolute atomic E-state index is 13.0. The van der Waals surface area contributed by atoms with Crippen LogP contribution in [0.25, 0.3) is 0 Å². The van der Waals surface area contributed by atoms with E-state index in [1.807, 2.05) is 11.9 Å². The molecule has 6 nitrogen and oxygen atoms in total. The molecule has 1 saturated heterocycles. The normalized spacial score (nSPS) is 26.3. The van der Waals surface area contributed by atoms with Gasteiger partial charge in [0.15, 0.2) is 0 Å². The van der Waals surface area contributed by atoms with Crippen LogP contribution in [0.15, 0.2) is 12.5 Å². The molecular weight excluding hydrogens is 292 g/mol. The second-order valence-electron chi connectivity index (χ2n) is 6.70. The van der Waals surface area contributed by atoms with Crippen molar-refractivity contribution in [1.82, 2.24) is 19.8 Å². The summed E-state index contributed by atoms with van der Waals surface area (Å²) in [7, 11) is 1.84. The van der Waals surface area contributed by atoms with E-state index in [0.29, 0.717) is 5.69 Å². The first kappa shape index (κ1) is 16.0. The third-order valence-electron chi connectivity index (χ3n) is 5.14. The van der Waals surface area contributed by atoms with E-state index in [1.165, 1.54) is 0 Å². The topological polar surface area (TPSA) is 67.2 Å². The van der Waals surface area contributed by atoms with Gasteiger partial charge in [-0.05, 0) is 25.7 Å². The molecule has 1 N–H and O–H groups in total. The first-order chi connectivity index (χ1) is 11.2. The number of nitrogens with zero attached hydrogens (tertiary/aromatic N) is 3. The van der Waals surface area contributed by atoms with Gasteiger partial charge in [-0.3, -0.25) is 9.59 Å². The minimum atomic E-state index is -0.0646.